The van der Waals surface area contributed by atoms with Crippen LogP contribution in [0.2, 0.25) is 0 Å². The van der Waals surface area contributed by atoms with E-state index in [1.807, 2.05) is 31.9 Å². The van der Waals surface area contributed by atoms with Crippen molar-refractivity contribution in [3.63, 3.8) is 0 Å². The van der Waals surface area contributed by atoms with Crippen LogP contribution in [0.15, 0.2) is 30.5 Å². The number of benzene rings is 1. The number of likely N-dealkylation sites (N-methyl/N-ethyl adjacent to an activating group) is 1. The molecule has 0 spiro atoms. The van der Waals surface area contributed by atoms with Crippen LogP contribution in [0.25, 0.3) is 0 Å². The molecule has 0 aliphatic carbocycles. The van der Waals surface area contributed by atoms with E-state index in [-0.39, 0.29) is 31.5 Å². The Bertz CT molecular complexity index is 1210. The zero-order chi connectivity index (χ0) is 23.9. The second-order valence-corrected chi connectivity index (χ2v) is 8.09. The molecule has 0 unspecified atom stereocenters. The minimum atomic E-state index is -4.76. The Hall–Kier alpha value is -3.50. The van der Waals surface area contributed by atoms with E-state index in [0.717, 1.165) is 29.2 Å². The van der Waals surface area contributed by atoms with Crippen LogP contribution in [0.5, 0.6) is 0 Å². The molecule has 3 heterocycles. The topological polar surface area (TPSA) is 75.9 Å². The molecule has 1 aliphatic rings. The number of hydrogen-bond donors (Lipinski definition) is 1. The van der Waals surface area contributed by atoms with Gasteiger partial charge in [-0.25, -0.2) is 9.07 Å². The maximum absolute atomic E-state index is 13.5. The number of hydrogen-bond acceptors (Lipinski definition) is 5. The molecule has 0 fully saturated rings. The molecule has 2 aromatic heterocycles. The maximum Gasteiger partial charge on any atom is 0.419 e. The molecule has 0 bridgehead atoms. The number of pyridine rings is 1. The average Bonchev–Trinajstić information content (AvgIpc) is 3.19. The van der Waals surface area contributed by atoms with E-state index in [0.29, 0.717) is 24.2 Å². The van der Waals surface area contributed by atoms with Crippen molar-refractivity contribution in [2.24, 2.45) is 0 Å². The van der Waals surface area contributed by atoms with Crippen LogP contribution in [-0.4, -0.2) is 39.0 Å². The van der Waals surface area contributed by atoms with Gasteiger partial charge in [0.15, 0.2) is 0 Å². The number of fused-ring (bicyclic) bond motifs is 1. The molecule has 11 heteroatoms. The summed E-state index contributed by atoms with van der Waals surface area (Å²) in [6.07, 6.45) is -2.02. The number of carbonyl (C=O) groups excluding carboxylic acids is 1. The van der Waals surface area contributed by atoms with Gasteiger partial charge in [-0.3, -0.25) is 9.78 Å². The van der Waals surface area contributed by atoms with Crippen molar-refractivity contribution in [2.45, 2.75) is 52.9 Å². The summed E-state index contributed by atoms with van der Waals surface area (Å²) in [6, 6.07) is 4.52. The van der Waals surface area contributed by atoms with E-state index >= 15 is 0 Å². The molecule has 1 aromatic carbocycles. The molecule has 1 atom stereocenters. The Balaban J connectivity index is 0.00000324. The zero-order valence-corrected chi connectivity index (χ0v) is 18.2. The Kier molecular flexibility index (Phi) is 6.94. The molecule has 0 saturated carbocycles. The molecular formula is C23H26F4N6O. The van der Waals surface area contributed by atoms with Crippen LogP contribution < -0.4 is 10.2 Å². The van der Waals surface area contributed by atoms with Gasteiger partial charge in [0.2, 0.25) is 5.91 Å². The summed E-state index contributed by atoms with van der Waals surface area (Å²) in [7, 11) is 1.86. The highest BCUT2D eigenvalue weighted by Gasteiger charge is 2.34. The summed E-state index contributed by atoms with van der Waals surface area (Å²) in [6.45, 7) is 3.69. The number of anilines is 2. The number of rotatable bonds is 5. The van der Waals surface area contributed by atoms with Gasteiger partial charge in [0, 0.05) is 18.9 Å². The lowest BCUT2D eigenvalue weighted by Crippen LogP contribution is -2.44. The third-order valence-electron chi connectivity index (χ3n) is 5.73. The Morgan fingerprint density at radius 3 is 2.56 bits per heavy atom. The molecule has 1 aliphatic heterocycles. The number of aromatic nitrogens is 4. The molecule has 34 heavy (non-hydrogen) atoms. The SMILES string of the molecule is C.Cc1nc(CCc2cn(Cc3ccc(F)c(C(F)(F)F)c3)nn2)cc2c1NC(=O)[C@H](C)N2C. The van der Waals surface area contributed by atoms with Crippen molar-refractivity contribution < 1.29 is 22.4 Å². The second kappa shape index (κ2) is 9.40. The first-order chi connectivity index (χ1) is 15.5. The van der Waals surface area contributed by atoms with Crippen LogP contribution in [0.3, 0.4) is 0 Å². The lowest BCUT2D eigenvalue weighted by atomic mass is 10.1. The molecule has 0 saturated heterocycles. The third kappa shape index (κ3) is 5.02. The van der Waals surface area contributed by atoms with Crippen LogP contribution in [0.4, 0.5) is 28.9 Å². The summed E-state index contributed by atoms with van der Waals surface area (Å²) in [5.41, 5.74) is 2.76. The number of aryl methyl sites for hydroxylation is 3. The largest absolute Gasteiger partial charge is 0.419 e. The number of nitrogens with one attached hydrogen (secondary N) is 1. The van der Waals surface area contributed by atoms with E-state index in [9.17, 15) is 22.4 Å². The lowest BCUT2D eigenvalue weighted by molar-refractivity contribution is -0.140. The van der Waals surface area contributed by atoms with E-state index in [2.05, 4.69) is 20.6 Å². The van der Waals surface area contributed by atoms with Crippen molar-refractivity contribution >= 4 is 17.3 Å². The summed E-state index contributed by atoms with van der Waals surface area (Å²) in [5, 5.41) is 10.9. The van der Waals surface area contributed by atoms with Gasteiger partial charge in [-0.15, -0.1) is 5.10 Å². The van der Waals surface area contributed by atoms with Gasteiger partial charge in [0.25, 0.3) is 0 Å². The first-order valence-electron chi connectivity index (χ1n) is 10.3. The minimum Gasteiger partial charge on any atom is -0.361 e. The quantitative estimate of drug-likeness (QED) is 0.551. The molecule has 182 valence electrons. The van der Waals surface area contributed by atoms with Gasteiger partial charge in [0.1, 0.15) is 11.9 Å². The van der Waals surface area contributed by atoms with Gasteiger partial charge in [-0.05, 0) is 50.5 Å². The number of halogens is 4. The van der Waals surface area contributed by atoms with E-state index in [4.69, 9.17) is 0 Å². The van der Waals surface area contributed by atoms with Gasteiger partial charge < -0.3 is 10.2 Å². The number of alkyl halides is 3. The van der Waals surface area contributed by atoms with Crippen LogP contribution in [0.1, 0.15) is 42.6 Å². The molecule has 3 aromatic rings. The highest BCUT2D eigenvalue weighted by Crippen LogP contribution is 2.34. The molecular weight excluding hydrogens is 452 g/mol. The van der Waals surface area contributed by atoms with E-state index in [1.54, 1.807) is 6.20 Å². The van der Waals surface area contributed by atoms with Gasteiger partial charge in [-0.1, -0.05) is 18.7 Å². The van der Waals surface area contributed by atoms with Crippen molar-refractivity contribution in [3.8, 4) is 0 Å². The van der Waals surface area contributed by atoms with Crippen LogP contribution in [0, 0.1) is 12.7 Å². The maximum atomic E-state index is 13.5. The monoisotopic (exact) mass is 478 g/mol. The second-order valence-electron chi connectivity index (χ2n) is 8.09. The highest BCUT2D eigenvalue weighted by molar-refractivity contribution is 6.03. The summed E-state index contributed by atoms with van der Waals surface area (Å²) >= 11 is 0. The standard InChI is InChI=1S/C22H22F4N6O.CH4/c1-12-20-19(31(3)13(2)21(33)28-20)9-15(27-12)5-6-16-11-32(30-29-16)10-14-4-7-18(23)17(8-14)22(24,25)26;/h4,7-9,11,13H,5-6,10H2,1-3H3,(H,28,33);1H4/t13-;/m0./s1. The lowest BCUT2D eigenvalue weighted by Gasteiger charge is -2.34. The van der Waals surface area contributed by atoms with Gasteiger partial charge >= 0.3 is 6.18 Å². The van der Waals surface area contributed by atoms with Crippen LogP contribution >= 0.6 is 0 Å². The smallest absolute Gasteiger partial charge is 0.361 e. The Labute approximate surface area is 194 Å². The summed E-state index contributed by atoms with van der Waals surface area (Å²) in [5.74, 6) is -1.39. The van der Waals surface area contributed by atoms with Gasteiger partial charge in [-0.2, -0.15) is 13.2 Å². The average molecular weight is 478 g/mol. The number of nitrogens with zero attached hydrogens (tertiary/aromatic N) is 5. The molecule has 0 radical (unpaired) electrons. The fourth-order valence-electron chi connectivity index (χ4n) is 3.75. The molecule has 4 rings (SSSR count). The van der Waals surface area contributed by atoms with Crippen LogP contribution in [-0.2, 0) is 30.4 Å². The predicted octanol–water partition coefficient (Wildman–Crippen LogP) is 4.39. The fraction of sp³-hybridized carbons (Fsp3) is 0.391. The molecule has 1 amide bonds. The van der Waals surface area contributed by atoms with Crippen molar-refractivity contribution in [1.29, 1.82) is 0 Å². The summed E-state index contributed by atoms with van der Waals surface area (Å²) in [4.78, 5) is 18.5. The van der Waals surface area contributed by atoms with Gasteiger partial charge in [0.05, 0.1) is 34.9 Å². The first-order valence-corrected chi connectivity index (χ1v) is 10.3. The zero-order valence-electron chi connectivity index (χ0n) is 18.2. The Morgan fingerprint density at radius 1 is 1.15 bits per heavy atom. The highest BCUT2D eigenvalue weighted by atomic mass is 19.4. The van der Waals surface area contributed by atoms with Crippen molar-refractivity contribution in [1.82, 2.24) is 20.0 Å². The van der Waals surface area contributed by atoms with E-state index < -0.39 is 17.6 Å². The normalized spacial score (nSPS) is 15.6. The Morgan fingerprint density at radius 2 is 1.85 bits per heavy atom. The molecule has 1 N–H and O–H groups in total. The fourth-order valence-corrected chi connectivity index (χ4v) is 3.75. The predicted molar refractivity (Wildman–Crippen MR) is 120 cm³/mol. The number of amides is 1. The minimum absolute atomic E-state index is 0. The van der Waals surface area contributed by atoms with E-state index in [1.165, 1.54) is 10.7 Å². The molecule has 7 nitrogen and oxygen atoms in total. The first kappa shape index (κ1) is 25.1. The number of carbonyl (C=O) groups is 1. The van der Waals surface area contributed by atoms with Crippen molar-refractivity contribution in [3.05, 3.63) is 64.5 Å². The third-order valence-corrected chi connectivity index (χ3v) is 5.73. The van der Waals surface area contributed by atoms with Crippen molar-refractivity contribution in [2.75, 3.05) is 17.3 Å². The summed E-state index contributed by atoms with van der Waals surface area (Å²) < 4.78 is 53.7.